The molecule has 1 N–H and O–H groups in total. The first kappa shape index (κ1) is 17.5. The number of nitrogens with zero attached hydrogens (tertiary/aromatic N) is 5. The van der Waals surface area contributed by atoms with E-state index in [1.165, 1.54) is 35.0 Å². The van der Waals surface area contributed by atoms with Crippen LogP contribution in [-0.2, 0) is 6.54 Å². The molecule has 2 aromatic carbocycles. The number of hydrogen-bond donors (Lipinski definition) is 1. The molecule has 0 saturated carbocycles. The number of amides is 1. The van der Waals surface area contributed by atoms with Crippen molar-refractivity contribution in [3.8, 4) is 11.5 Å². The van der Waals surface area contributed by atoms with Gasteiger partial charge in [-0.15, -0.1) is 5.10 Å². The van der Waals surface area contributed by atoms with Crippen LogP contribution in [0.5, 0.6) is 0 Å². The van der Waals surface area contributed by atoms with Gasteiger partial charge >= 0.3 is 11.8 Å². The van der Waals surface area contributed by atoms with Gasteiger partial charge in [0.25, 0.3) is 0 Å². The predicted molar refractivity (Wildman–Crippen MR) is 93.2 cm³/mol. The van der Waals surface area contributed by atoms with Gasteiger partial charge in [0.05, 0.1) is 12.7 Å². The van der Waals surface area contributed by atoms with Crippen LogP contribution in [-0.4, -0.2) is 31.0 Å². The second-order valence-electron chi connectivity index (χ2n) is 5.82. The molecule has 10 heteroatoms. The number of hydrogen-bond acceptors (Lipinski definition) is 6. The standard InChI is InChI=1S/C18H12F2N6O2/c19-12-6-4-11(5-7-12)9-26-10-15(23-25-26)16-22-18(28-24-16)17(27)21-14-3-1-2-13(20)8-14/h1-8,10H,9H2,(H,21,27). The fourth-order valence-corrected chi connectivity index (χ4v) is 2.43. The van der Waals surface area contributed by atoms with Gasteiger partial charge < -0.3 is 9.84 Å². The van der Waals surface area contributed by atoms with Crippen LogP contribution in [0.3, 0.4) is 0 Å². The predicted octanol–water partition coefficient (Wildman–Crippen LogP) is 2.91. The van der Waals surface area contributed by atoms with E-state index in [0.29, 0.717) is 12.2 Å². The van der Waals surface area contributed by atoms with E-state index >= 15 is 0 Å². The average Bonchev–Trinajstić information content (AvgIpc) is 3.33. The third-order valence-corrected chi connectivity index (χ3v) is 3.73. The lowest BCUT2D eigenvalue weighted by molar-refractivity contribution is 0.0981. The van der Waals surface area contributed by atoms with Crippen molar-refractivity contribution in [1.82, 2.24) is 25.1 Å². The fraction of sp³-hybridized carbons (Fsp3) is 0.0556. The summed E-state index contributed by atoms with van der Waals surface area (Å²) < 4.78 is 32.6. The smallest absolute Gasteiger partial charge is 0.316 e. The molecule has 1 amide bonds. The Morgan fingerprint density at radius 1 is 1.11 bits per heavy atom. The maximum Gasteiger partial charge on any atom is 0.316 e. The Kier molecular flexibility index (Phi) is 4.58. The van der Waals surface area contributed by atoms with E-state index in [0.717, 1.165) is 11.6 Å². The van der Waals surface area contributed by atoms with E-state index < -0.39 is 11.7 Å². The van der Waals surface area contributed by atoms with Crippen molar-refractivity contribution in [1.29, 1.82) is 0 Å². The third-order valence-electron chi connectivity index (χ3n) is 3.73. The monoisotopic (exact) mass is 382 g/mol. The SMILES string of the molecule is O=C(Nc1cccc(F)c1)c1nc(-c2cn(Cc3ccc(F)cc3)nn2)no1. The van der Waals surface area contributed by atoms with Crippen LogP contribution in [0.2, 0.25) is 0 Å². The number of benzene rings is 2. The van der Waals surface area contributed by atoms with E-state index in [-0.39, 0.29) is 23.2 Å². The molecule has 0 atom stereocenters. The summed E-state index contributed by atoms with van der Waals surface area (Å²) in [5.41, 5.74) is 1.40. The van der Waals surface area contributed by atoms with Crippen LogP contribution >= 0.6 is 0 Å². The average molecular weight is 382 g/mol. The maximum atomic E-state index is 13.2. The van der Waals surface area contributed by atoms with Gasteiger partial charge in [0.15, 0.2) is 5.69 Å². The normalized spacial score (nSPS) is 10.8. The molecule has 0 spiro atoms. The second kappa shape index (κ2) is 7.35. The quantitative estimate of drug-likeness (QED) is 0.570. The van der Waals surface area contributed by atoms with E-state index in [1.807, 2.05) is 0 Å². The highest BCUT2D eigenvalue weighted by Crippen LogP contribution is 2.15. The third kappa shape index (κ3) is 3.90. The summed E-state index contributed by atoms with van der Waals surface area (Å²) in [6.07, 6.45) is 1.57. The minimum absolute atomic E-state index is 0.0785. The maximum absolute atomic E-state index is 13.2. The first-order valence-electron chi connectivity index (χ1n) is 8.12. The van der Waals surface area contributed by atoms with Crippen molar-refractivity contribution in [3.05, 3.63) is 77.8 Å². The Morgan fingerprint density at radius 2 is 1.93 bits per heavy atom. The molecule has 0 radical (unpaired) electrons. The highest BCUT2D eigenvalue weighted by molar-refractivity contribution is 6.01. The molecular weight excluding hydrogens is 370 g/mol. The molecule has 0 saturated heterocycles. The molecule has 2 aromatic heterocycles. The van der Waals surface area contributed by atoms with Gasteiger partial charge in [-0.05, 0) is 35.9 Å². The molecule has 8 nitrogen and oxygen atoms in total. The molecule has 0 bridgehead atoms. The highest BCUT2D eigenvalue weighted by atomic mass is 19.1. The molecule has 140 valence electrons. The largest absolute Gasteiger partial charge is 0.328 e. The van der Waals surface area contributed by atoms with Gasteiger partial charge in [0.1, 0.15) is 11.6 Å². The second-order valence-corrected chi connectivity index (χ2v) is 5.82. The number of nitrogens with one attached hydrogen (secondary N) is 1. The zero-order valence-electron chi connectivity index (χ0n) is 14.2. The Balaban J connectivity index is 1.46. The summed E-state index contributed by atoms with van der Waals surface area (Å²) in [7, 11) is 0. The van der Waals surface area contributed by atoms with Crippen LogP contribution in [0.25, 0.3) is 11.5 Å². The Labute approximate surface area is 156 Å². The number of halogens is 2. The van der Waals surface area contributed by atoms with Crippen LogP contribution in [0, 0.1) is 11.6 Å². The van der Waals surface area contributed by atoms with Gasteiger partial charge in [0, 0.05) is 5.69 Å². The summed E-state index contributed by atoms with van der Waals surface area (Å²) in [5.74, 6) is -1.70. The Hall–Kier alpha value is -3.95. The van der Waals surface area contributed by atoms with E-state index in [4.69, 9.17) is 4.52 Å². The summed E-state index contributed by atoms with van der Waals surface area (Å²) in [4.78, 5) is 16.1. The van der Waals surface area contributed by atoms with Crippen LogP contribution in [0.15, 0.2) is 59.3 Å². The van der Waals surface area contributed by atoms with E-state index in [9.17, 15) is 13.6 Å². The summed E-state index contributed by atoms with van der Waals surface area (Å²) in [5, 5.41) is 14.1. The zero-order chi connectivity index (χ0) is 19.5. The van der Waals surface area contributed by atoms with Gasteiger partial charge in [0.2, 0.25) is 5.82 Å². The number of aromatic nitrogens is 5. The summed E-state index contributed by atoms with van der Waals surface area (Å²) in [6, 6.07) is 11.4. The van der Waals surface area contributed by atoms with Gasteiger partial charge in [-0.25, -0.2) is 13.5 Å². The van der Waals surface area contributed by atoms with Crippen molar-refractivity contribution in [2.45, 2.75) is 6.54 Å². The van der Waals surface area contributed by atoms with Crippen molar-refractivity contribution in [2.24, 2.45) is 0 Å². The molecule has 0 unspecified atom stereocenters. The van der Waals surface area contributed by atoms with E-state index in [2.05, 4.69) is 25.8 Å². The molecule has 2 heterocycles. The lowest BCUT2D eigenvalue weighted by Gasteiger charge is -2.00. The molecule has 0 fully saturated rings. The van der Waals surface area contributed by atoms with Crippen molar-refractivity contribution >= 4 is 11.6 Å². The molecule has 0 aliphatic rings. The van der Waals surface area contributed by atoms with Crippen molar-refractivity contribution in [2.75, 3.05) is 5.32 Å². The number of anilines is 1. The molecule has 28 heavy (non-hydrogen) atoms. The number of rotatable bonds is 5. The lowest BCUT2D eigenvalue weighted by Crippen LogP contribution is -2.12. The van der Waals surface area contributed by atoms with Crippen molar-refractivity contribution < 1.29 is 18.1 Å². The Morgan fingerprint density at radius 3 is 2.71 bits per heavy atom. The fourth-order valence-electron chi connectivity index (χ4n) is 2.43. The summed E-state index contributed by atoms with van der Waals surface area (Å²) >= 11 is 0. The molecule has 0 aliphatic heterocycles. The molecule has 4 aromatic rings. The highest BCUT2D eigenvalue weighted by Gasteiger charge is 2.18. The first-order valence-corrected chi connectivity index (χ1v) is 8.12. The number of carbonyl (C=O) groups is 1. The zero-order valence-corrected chi connectivity index (χ0v) is 14.2. The molecular formula is C18H12F2N6O2. The van der Waals surface area contributed by atoms with Crippen LogP contribution in [0.1, 0.15) is 16.2 Å². The lowest BCUT2D eigenvalue weighted by atomic mass is 10.2. The van der Waals surface area contributed by atoms with E-state index in [1.54, 1.807) is 18.3 Å². The minimum Gasteiger partial charge on any atom is -0.328 e. The molecule has 4 rings (SSSR count). The van der Waals surface area contributed by atoms with Crippen molar-refractivity contribution in [3.63, 3.8) is 0 Å². The topological polar surface area (TPSA) is 98.7 Å². The van der Waals surface area contributed by atoms with Gasteiger partial charge in [-0.3, -0.25) is 4.79 Å². The van der Waals surface area contributed by atoms with Gasteiger partial charge in [-0.2, -0.15) is 4.98 Å². The Bertz CT molecular complexity index is 1120. The minimum atomic E-state index is -0.678. The van der Waals surface area contributed by atoms with Crippen LogP contribution in [0.4, 0.5) is 14.5 Å². The first-order chi connectivity index (χ1) is 13.6. The van der Waals surface area contributed by atoms with Gasteiger partial charge in [-0.1, -0.05) is 28.6 Å². The summed E-state index contributed by atoms with van der Waals surface area (Å²) in [6.45, 7) is 0.373. The van der Waals surface area contributed by atoms with Crippen LogP contribution < -0.4 is 5.32 Å². The number of carbonyl (C=O) groups excluding carboxylic acids is 1. The molecule has 0 aliphatic carbocycles.